The monoisotopic (exact) mass is 353 g/mol. The van der Waals surface area contributed by atoms with Gasteiger partial charge in [-0.3, -0.25) is 10.1 Å². The van der Waals surface area contributed by atoms with Gasteiger partial charge in [-0.15, -0.1) is 21.5 Å². The SMILES string of the molecule is CCSc1nnc(NC(=O)c2csc3c2CCC(CC)C3)s1. The van der Waals surface area contributed by atoms with Crippen LogP contribution >= 0.6 is 34.4 Å². The molecule has 3 rings (SSSR count). The predicted molar refractivity (Wildman–Crippen MR) is 94.4 cm³/mol. The summed E-state index contributed by atoms with van der Waals surface area (Å²) in [5.41, 5.74) is 2.08. The highest BCUT2D eigenvalue weighted by Gasteiger charge is 2.24. The molecule has 0 saturated heterocycles. The summed E-state index contributed by atoms with van der Waals surface area (Å²) >= 11 is 4.80. The topological polar surface area (TPSA) is 54.9 Å². The van der Waals surface area contributed by atoms with Crippen LogP contribution in [0.4, 0.5) is 5.13 Å². The molecule has 0 radical (unpaired) electrons. The number of nitrogens with one attached hydrogen (secondary N) is 1. The molecule has 7 heteroatoms. The smallest absolute Gasteiger partial charge is 0.258 e. The quantitative estimate of drug-likeness (QED) is 0.636. The number of aromatic nitrogens is 2. The molecule has 0 bridgehead atoms. The van der Waals surface area contributed by atoms with Crippen molar-refractivity contribution >= 4 is 45.5 Å². The molecule has 0 aliphatic heterocycles. The van der Waals surface area contributed by atoms with Gasteiger partial charge < -0.3 is 0 Å². The predicted octanol–water partition coefficient (Wildman–Crippen LogP) is 4.48. The number of thiophene rings is 1. The van der Waals surface area contributed by atoms with E-state index in [2.05, 4.69) is 29.4 Å². The van der Waals surface area contributed by atoms with Gasteiger partial charge in [0.2, 0.25) is 5.13 Å². The zero-order valence-electron chi connectivity index (χ0n) is 12.7. The Bertz CT molecular complexity index is 665. The zero-order chi connectivity index (χ0) is 15.5. The summed E-state index contributed by atoms with van der Waals surface area (Å²) in [4.78, 5) is 13.9. The van der Waals surface area contributed by atoms with Crippen molar-refractivity contribution in [3.8, 4) is 0 Å². The standard InChI is InChI=1S/C15H19N3OS3/c1-3-9-5-6-10-11(8-21-12(10)7-9)13(19)16-14-17-18-15(22-14)20-4-2/h8-9H,3-7H2,1-2H3,(H,16,17,19). The fourth-order valence-electron chi connectivity index (χ4n) is 2.73. The van der Waals surface area contributed by atoms with E-state index in [9.17, 15) is 4.79 Å². The lowest BCUT2D eigenvalue weighted by Gasteiger charge is -2.21. The summed E-state index contributed by atoms with van der Waals surface area (Å²) in [6.07, 6.45) is 4.56. The largest absolute Gasteiger partial charge is 0.296 e. The van der Waals surface area contributed by atoms with E-state index in [1.54, 1.807) is 23.1 Å². The minimum absolute atomic E-state index is 0.0448. The fraction of sp³-hybridized carbons (Fsp3) is 0.533. The third-order valence-corrected chi connectivity index (χ3v) is 6.88. The first-order valence-corrected chi connectivity index (χ1v) is 10.3. The second-order valence-corrected chi connectivity index (χ2v) is 8.78. The van der Waals surface area contributed by atoms with Gasteiger partial charge in [0.05, 0.1) is 5.56 Å². The highest BCUT2D eigenvalue weighted by molar-refractivity contribution is 8.01. The van der Waals surface area contributed by atoms with Gasteiger partial charge >= 0.3 is 0 Å². The van der Waals surface area contributed by atoms with Crippen LogP contribution in [0.15, 0.2) is 9.72 Å². The normalized spacial score (nSPS) is 17.3. The average Bonchev–Trinajstić information content (AvgIpc) is 3.13. The van der Waals surface area contributed by atoms with Gasteiger partial charge in [0.1, 0.15) is 0 Å². The third-order valence-electron chi connectivity index (χ3n) is 3.97. The van der Waals surface area contributed by atoms with E-state index in [0.717, 1.165) is 34.4 Å². The number of carbonyl (C=O) groups excluding carboxylic acids is 1. The number of rotatable bonds is 5. The summed E-state index contributed by atoms with van der Waals surface area (Å²) in [7, 11) is 0. The second kappa shape index (κ2) is 7.10. The molecule has 2 aromatic rings. The van der Waals surface area contributed by atoms with E-state index in [-0.39, 0.29) is 5.91 Å². The Labute approximate surface area is 142 Å². The third kappa shape index (κ3) is 3.36. The van der Waals surface area contributed by atoms with Crippen LogP contribution in [-0.4, -0.2) is 21.9 Å². The Morgan fingerprint density at radius 2 is 2.32 bits per heavy atom. The molecular weight excluding hydrogens is 334 g/mol. The van der Waals surface area contributed by atoms with E-state index < -0.39 is 0 Å². The Hall–Kier alpha value is -0.920. The second-order valence-electron chi connectivity index (χ2n) is 5.33. The lowest BCUT2D eigenvalue weighted by molar-refractivity contribution is 0.102. The Kier molecular flexibility index (Phi) is 5.15. The molecule has 1 atom stereocenters. The van der Waals surface area contributed by atoms with Gasteiger partial charge in [0.25, 0.3) is 5.91 Å². The molecule has 22 heavy (non-hydrogen) atoms. The molecule has 2 aromatic heterocycles. The number of anilines is 1. The molecule has 0 saturated carbocycles. The molecule has 0 spiro atoms. The lowest BCUT2D eigenvalue weighted by atomic mass is 9.86. The summed E-state index contributed by atoms with van der Waals surface area (Å²) in [5, 5.41) is 13.6. The molecular formula is C15H19N3OS3. The highest BCUT2D eigenvalue weighted by atomic mass is 32.2. The molecule has 118 valence electrons. The van der Waals surface area contributed by atoms with E-state index in [1.165, 1.54) is 34.6 Å². The molecule has 1 aliphatic carbocycles. The number of carbonyl (C=O) groups is 1. The molecule has 0 fully saturated rings. The number of fused-ring (bicyclic) bond motifs is 1. The van der Waals surface area contributed by atoms with E-state index in [4.69, 9.17) is 0 Å². The molecule has 4 nitrogen and oxygen atoms in total. The first-order chi connectivity index (χ1) is 10.7. The van der Waals surface area contributed by atoms with Crippen molar-refractivity contribution < 1.29 is 4.79 Å². The summed E-state index contributed by atoms with van der Waals surface area (Å²) < 4.78 is 0.899. The number of amides is 1. The average molecular weight is 354 g/mol. The molecule has 1 aliphatic rings. The summed E-state index contributed by atoms with van der Waals surface area (Å²) in [6.45, 7) is 4.32. The minimum atomic E-state index is -0.0448. The lowest BCUT2D eigenvalue weighted by Crippen LogP contribution is -2.17. The van der Waals surface area contributed by atoms with Gasteiger partial charge in [-0.2, -0.15) is 0 Å². The first kappa shape index (κ1) is 16.0. The van der Waals surface area contributed by atoms with Crippen LogP contribution in [0.1, 0.15) is 47.5 Å². The van der Waals surface area contributed by atoms with Crippen LogP contribution in [0.3, 0.4) is 0 Å². The number of thioether (sulfide) groups is 1. The number of hydrogen-bond acceptors (Lipinski definition) is 6. The maximum atomic E-state index is 12.5. The van der Waals surface area contributed by atoms with Crippen LogP contribution in [-0.2, 0) is 12.8 Å². The highest BCUT2D eigenvalue weighted by Crippen LogP contribution is 2.34. The molecule has 2 heterocycles. The Morgan fingerprint density at radius 3 is 3.09 bits per heavy atom. The van der Waals surface area contributed by atoms with E-state index in [1.807, 2.05) is 5.38 Å². The molecule has 1 N–H and O–H groups in total. The van der Waals surface area contributed by atoms with Crippen molar-refractivity contribution in [2.75, 3.05) is 11.1 Å². The van der Waals surface area contributed by atoms with Crippen molar-refractivity contribution in [1.29, 1.82) is 0 Å². The molecule has 0 aromatic carbocycles. The van der Waals surface area contributed by atoms with Gasteiger partial charge in [-0.1, -0.05) is 43.4 Å². The van der Waals surface area contributed by atoms with Gasteiger partial charge in [-0.25, -0.2) is 0 Å². The first-order valence-electron chi connectivity index (χ1n) is 7.58. The van der Waals surface area contributed by atoms with Gasteiger partial charge in [0.15, 0.2) is 4.34 Å². The van der Waals surface area contributed by atoms with Crippen molar-refractivity contribution in [2.24, 2.45) is 5.92 Å². The van der Waals surface area contributed by atoms with Crippen molar-refractivity contribution in [1.82, 2.24) is 10.2 Å². The van der Waals surface area contributed by atoms with Crippen LogP contribution < -0.4 is 5.32 Å². The summed E-state index contributed by atoms with van der Waals surface area (Å²) in [6, 6.07) is 0. The van der Waals surface area contributed by atoms with Crippen molar-refractivity contribution in [2.45, 2.75) is 43.9 Å². The van der Waals surface area contributed by atoms with Crippen LogP contribution in [0, 0.1) is 5.92 Å². The van der Waals surface area contributed by atoms with Crippen LogP contribution in [0.25, 0.3) is 0 Å². The number of hydrogen-bond donors (Lipinski definition) is 1. The van der Waals surface area contributed by atoms with E-state index in [0.29, 0.717) is 5.13 Å². The molecule has 1 amide bonds. The minimum Gasteiger partial charge on any atom is -0.296 e. The van der Waals surface area contributed by atoms with Crippen molar-refractivity contribution in [3.63, 3.8) is 0 Å². The zero-order valence-corrected chi connectivity index (χ0v) is 15.2. The van der Waals surface area contributed by atoms with Gasteiger partial charge in [-0.05, 0) is 36.5 Å². The molecule has 1 unspecified atom stereocenters. The fourth-order valence-corrected chi connectivity index (χ4v) is 5.57. The van der Waals surface area contributed by atoms with Gasteiger partial charge in [0, 0.05) is 10.3 Å². The Balaban J connectivity index is 1.71. The maximum Gasteiger partial charge on any atom is 0.258 e. The van der Waals surface area contributed by atoms with Crippen molar-refractivity contribution in [3.05, 3.63) is 21.4 Å². The maximum absolute atomic E-state index is 12.5. The van der Waals surface area contributed by atoms with Crippen LogP contribution in [0.2, 0.25) is 0 Å². The van der Waals surface area contributed by atoms with E-state index >= 15 is 0 Å². The number of nitrogens with zero attached hydrogens (tertiary/aromatic N) is 2. The summed E-state index contributed by atoms with van der Waals surface area (Å²) in [5.74, 6) is 1.69. The Morgan fingerprint density at radius 1 is 1.45 bits per heavy atom. The van der Waals surface area contributed by atoms with Crippen LogP contribution in [0.5, 0.6) is 0 Å².